The number of rotatable bonds is 10. The third-order valence-electron chi connectivity index (χ3n) is 7.38. The highest BCUT2D eigenvalue weighted by Crippen LogP contribution is 2.41. The summed E-state index contributed by atoms with van der Waals surface area (Å²) in [6.45, 7) is 6.60. The monoisotopic (exact) mass is 454 g/mol. The lowest BCUT2D eigenvalue weighted by Gasteiger charge is -2.39. The fourth-order valence-corrected chi connectivity index (χ4v) is 5.60. The molecule has 0 radical (unpaired) electrons. The van der Waals surface area contributed by atoms with Crippen molar-refractivity contribution in [1.29, 1.82) is 0 Å². The molecule has 5 unspecified atom stereocenters. The van der Waals surface area contributed by atoms with Crippen LogP contribution in [0.2, 0.25) is 0 Å². The predicted molar refractivity (Wildman–Crippen MR) is 130 cm³/mol. The SMILES string of the molecule is C=CC1C(=O)N(C2CCC(CCc3ccc(OC)c(O)c3)C(CCNC)C2)C(=O)C1/C=C\C. The fourth-order valence-electron chi connectivity index (χ4n) is 5.60. The van der Waals surface area contributed by atoms with Crippen LogP contribution in [0.15, 0.2) is 43.0 Å². The molecular weight excluding hydrogens is 416 g/mol. The number of benzene rings is 1. The maximum atomic E-state index is 13.1. The largest absolute Gasteiger partial charge is 0.504 e. The molecule has 6 nitrogen and oxygen atoms in total. The number of methoxy groups -OCH3 is 1. The molecule has 0 aromatic heterocycles. The Kier molecular flexibility index (Phi) is 8.73. The molecule has 1 aromatic carbocycles. The summed E-state index contributed by atoms with van der Waals surface area (Å²) >= 11 is 0. The maximum absolute atomic E-state index is 13.1. The van der Waals surface area contributed by atoms with Gasteiger partial charge in [0.25, 0.3) is 0 Å². The van der Waals surface area contributed by atoms with Crippen LogP contribution in [-0.2, 0) is 16.0 Å². The van der Waals surface area contributed by atoms with E-state index in [1.807, 2.05) is 38.3 Å². The average molecular weight is 455 g/mol. The molecular formula is C27H38N2O4. The van der Waals surface area contributed by atoms with Crippen LogP contribution >= 0.6 is 0 Å². The van der Waals surface area contributed by atoms with Crippen LogP contribution in [0.3, 0.4) is 0 Å². The summed E-state index contributed by atoms with van der Waals surface area (Å²) in [5, 5.41) is 13.3. The van der Waals surface area contributed by atoms with Gasteiger partial charge in [-0.3, -0.25) is 14.5 Å². The number of hydrogen-bond donors (Lipinski definition) is 2. The lowest BCUT2D eigenvalue weighted by Crippen LogP contribution is -2.45. The number of ether oxygens (including phenoxy) is 1. The molecule has 0 spiro atoms. The van der Waals surface area contributed by atoms with Crippen LogP contribution < -0.4 is 10.1 Å². The molecule has 1 saturated heterocycles. The van der Waals surface area contributed by atoms with E-state index in [0.717, 1.165) is 50.6 Å². The van der Waals surface area contributed by atoms with E-state index < -0.39 is 11.8 Å². The first kappa shape index (κ1) is 25.0. The van der Waals surface area contributed by atoms with Gasteiger partial charge in [0.2, 0.25) is 11.8 Å². The Balaban J connectivity index is 1.70. The number of nitrogens with one attached hydrogen (secondary N) is 1. The van der Waals surface area contributed by atoms with Gasteiger partial charge in [0.05, 0.1) is 18.9 Å². The van der Waals surface area contributed by atoms with Gasteiger partial charge in [-0.1, -0.05) is 24.3 Å². The van der Waals surface area contributed by atoms with E-state index in [-0.39, 0.29) is 23.6 Å². The van der Waals surface area contributed by atoms with E-state index in [2.05, 4.69) is 11.9 Å². The second kappa shape index (κ2) is 11.5. The van der Waals surface area contributed by atoms with Crippen molar-refractivity contribution >= 4 is 11.8 Å². The molecule has 1 heterocycles. The van der Waals surface area contributed by atoms with Crippen LogP contribution in [0.5, 0.6) is 11.5 Å². The third kappa shape index (κ3) is 5.49. The van der Waals surface area contributed by atoms with Crippen molar-refractivity contribution in [2.75, 3.05) is 20.7 Å². The zero-order valence-electron chi connectivity index (χ0n) is 20.1. The van der Waals surface area contributed by atoms with Crippen molar-refractivity contribution in [1.82, 2.24) is 10.2 Å². The van der Waals surface area contributed by atoms with Crippen molar-refractivity contribution < 1.29 is 19.4 Å². The molecule has 3 rings (SSSR count). The highest BCUT2D eigenvalue weighted by molar-refractivity contribution is 6.07. The minimum atomic E-state index is -0.454. The Bertz CT molecular complexity index is 881. The first-order valence-electron chi connectivity index (χ1n) is 12.1. The average Bonchev–Trinajstić information content (AvgIpc) is 3.05. The van der Waals surface area contributed by atoms with E-state index in [1.165, 1.54) is 0 Å². The molecule has 1 aromatic rings. The van der Waals surface area contributed by atoms with E-state index >= 15 is 0 Å². The van der Waals surface area contributed by atoms with E-state index in [4.69, 9.17) is 4.74 Å². The highest BCUT2D eigenvalue weighted by atomic mass is 16.5. The van der Waals surface area contributed by atoms with Crippen molar-refractivity contribution in [3.05, 3.63) is 48.6 Å². The van der Waals surface area contributed by atoms with Crippen molar-refractivity contribution in [2.24, 2.45) is 23.7 Å². The molecule has 1 aliphatic heterocycles. The molecule has 6 heteroatoms. The summed E-state index contributed by atoms with van der Waals surface area (Å²) in [6.07, 6.45) is 10.9. The van der Waals surface area contributed by atoms with Gasteiger partial charge in [-0.25, -0.2) is 0 Å². The van der Waals surface area contributed by atoms with E-state index in [1.54, 1.807) is 24.2 Å². The van der Waals surface area contributed by atoms with Crippen LogP contribution in [-0.4, -0.2) is 48.6 Å². The summed E-state index contributed by atoms with van der Waals surface area (Å²) in [7, 11) is 3.51. The quantitative estimate of drug-likeness (QED) is 0.411. The van der Waals surface area contributed by atoms with Crippen molar-refractivity contribution in [3.63, 3.8) is 0 Å². The molecule has 180 valence electrons. The molecule has 2 fully saturated rings. The molecule has 33 heavy (non-hydrogen) atoms. The lowest BCUT2D eigenvalue weighted by atomic mass is 9.72. The topological polar surface area (TPSA) is 78.9 Å². The molecule has 2 amide bonds. The minimum Gasteiger partial charge on any atom is -0.504 e. The zero-order valence-corrected chi connectivity index (χ0v) is 20.1. The Hall–Kier alpha value is -2.60. The molecule has 0 bridgehead atoms. The van der Waals surface area contributed by atoms with Crippen molar-refractivity contribution in [3.8, 4) is 11.5 Å². The van der Waals surface area contributed by atoms with Gasteiger partial charge < -0.3 is 15.2 Å². The number of amides is 2. The first-order chi connectivity index (χ1) is 15.9. The summed E-state index contributed by atoms with van der Waals surface area (Å²) in [4.78, 5) is 27.8. The Morgan fingerprint density at radius 3 is 2.58 bits per heavy atom. The van der Waals surface area contributed by atoms with Gasteiger partial charge in [-0.15, -0.1) is 6.58 Å². The first-order valence-corrected chi connectivity index (χ1v) is 12.1. The van der Waals surface area contributed by atoms with Gasteiger partial charge >= 0.3 is 0 Å². The second-order valence-electron chi connectivity index (χ2n) is 9.28. The number of allylic oxidation sites excluding steroid dienone is 1. The van der Waals surface area contributed by atoms with Crippen LogP contribution in [0.1, 0.15) is 44.6 Å². The number of nitrogens with zero attached hydrogens (tertiary/aromatic N) is 1. The standard InChI is InChI=1S/C27H38N2O4/c1-5-7-23-22(6-2)26(31)29(27(23)32)21-12-11-19(20(17-21)14-15-28-3)10-8-18-9-13-25(33-4)24(30)16-18/h5-7,9,13,16,19-23,28,30H,2,8,10-12,14-15,17H2,1,3-4H3/b7-5-. The van der Waals surface area contributed by atoms with Crippen LogP contribution in [0.4, 0.5) is 0 Å². The van der Waals surface area contributed by atoms with Crippen molar-refractivity contribution in [2.45, 2.75) is 51.5 Å². The molecule has 1 aliphatic carbocycles. The number of carbonyl (C=O) groups is 2. The van der Waals surface area contributed by atoms with Crippen LogP contribution in [0.25, 0.3) is 0 Å². The number of hydrogen-bond acceptors (Lipinski definition) is 5. The second-order valence-corrected chi connectivity index (χ2v) is 9.28. The van der Waals surface area contributed by atoms with Gasteiger partial charge in [0, 0.05) is 6.04 Å². The molecule has 2 aliphatic rings. The Labute approximate surface area is 197 Å². The number of likely N-dealkylation sites (tertiary alicyclic amines) is 1. The minimum absolute atomic E-state index is 0.0363. The number of aromatic hydroxyl groups is 1. The van der Waals surface area contributed by atoms with Gasteiger partial charge in [-0.05, 0) is 88.6 Å². The Morgan fingerprint density at radius 1 is 1.18 bits per heavy atom. The highest BCUT2D eigenvalue weighted by Gasteiger charge is 2.48. The predicted octanol–water partition coefficient (Wildman–Crippen LogP) is 4.09. The summed E-state index contributed by atoms with van der Waals surface area (Å²) in [5.41, 5.74) is 1.09. The summed E-state index contributed by atoms with van der Waals surface area (Å²) in [5.74, 6) is 0.570. The molecule has 5 atom stereocenters. The number of phenolic OH excluding ortho intramolecular Hbond substituents is 1. The number of phenols is 1. The van der Waals surface area contributed by atoms with E-state index in [9.17, 15) is 14.7 Å². The molecule has 2 N–H and O–H groups in total. The Morgan fingerprint density at radius 2 is 1.94 bits per heavy atom. The van der Waals surface area contributed by atoms with Gasteiger partial charge in [-0.2, -0.15) is 0 Å². The van der Waals surface area contributed by atoms with Gasteiger partial charge in [0.15, 0.2) is 11.5 Å². The maximum Gasteiger partial charge on any atom is 0.237 e. The third-order valence-corrected chi connectivity index (χ3v) is 7.38. The lowest BCUT2D eigenvalue weighted by molar-refractivity contribution is -0.143. The van der Waals surface area contributed by atoms with Crippen LogP contribution in [0, 0.1) is 23.7 Å². The fraction of sp³-hybridized carbons (Fsp3) is 0.556. The normalized spacial score (nSPS) is 28.0. The molecule has 1 saturated carbocycles. The smallest absolute Gasteiger partial charge is 0.237 e. The summed E-state index contributed by atoms with van der Waals surface area (Å²) in [6, 6.07) is 5.56. The van der Waals surface area contributed by atoms with E-state index in [0.29, 0.717) is 17.6 Å². The van der Waals surface area contributed by atoms with Gasteiger partial charge in [0.1, 0.15) is 0 Å². The number of aryl methyl sites for hydroxylation is 1. The number of imide groups is 1. The summed E-state index contributed by atoms with van der Waals surface area (Å²) < 4.78 is 5.15. The zero-order chi connectivity index (χ0) is 24.0. The number of carbonyl (C=O) groups excluding carboxylic acids is 2.